The average Bonchev–Trinajstić information content (AvgIpc) is 2.69. The molecule has 0 aliphatic carbocycles. The molecular weight excluding hydrogens is 344 g/mol. The van der Waals surface area contributed by atoms with Crippen molar-refractivity contribution < 1.29 is 19.1 Å². The fourth-order valence-corrected chi connectivity index (χ4v) is 2.96. The van der Waals surface area contributed by atoms with Crippen LogP contribution in [0.4, 0.5) is 0 Å². The summed E-state index contributed by atoms with van der Waals surface area (Å²) in [6, 6.07) is 14.8. The lowest BCUT2D eigenvalue weighted by Crippen LogP contribution is -2.55. The molecule has 0 unspecified atom stereocenters. The second-order valence-electron chi connectivity index (χ2n) is 6.60. The Morgan fingerprint density at radius 3 is 2.48 bits per heavy atom. The van der Waals surface area contributed by atoms with E-state index >= 15 is 0 Å². The number of nitrogens with zero attached hydrogens (tertiary/aromatic N) is 1. The first-order chi connectivity index (χ1) is 13.1. The maximum atomic E-state index is 12.7. The minimum atomic E-state index is -0.634. The van der Waals surface area contributed by atoms with Gasteiger partial charge in [0, 0.05) is 13.1 Å². The van der Waals surface area contributed by atoms with Crippen molar-refractivity contribution in [2.24, 2.45) is 0 Å². The van der Waals surface area contributed by atoms with Gasteiger partial charge in [-0.3, -0.25) is 9.59 Å². The number of methoxy groups -OCH3 is 1. The first-order valence-electron chi connectivity index (χ1n) is 8.90. The number of hydrogen-bond donors (Lipinski definition) is 1. The van der Waals surface area contributed by atoms with Crippen molar-refractivity contribution in [2.75, 3.05) is 20.3 Å². The predicted molar refractivity (Wildman–Crippen MR) is 101 cm³/mol. The van der Waals surface area contributed by atoms with Crippen LogP contribution in [-0.2, 0) is 27.4 Å². The van der Waals surface area contributed by atoms with Crippen molar-refractivity contribution in [1.82, 2.24) is 10.2 Å². The van der Waals surface area contributed by atoms with Crippen LogP contribution in [0.2, 0.25) is 0 Å². The van der Waals surface area contributed by atoms with Gasteiger partial charge in [-0.05, 0) is 30.2 Å². The number of carbonyl (C=O) groups excluding carboxylic acids is 2. The lowest BCUT2D eigenvalue weighted by atomic mass is 10.1. The summed E-state index contributed by atoms with van der Waals surface area (Å²) in [5, 5.41) is 2.90. The van der Waals surface area contributed by atoms with E-state index < -0.39 is 6.04 Å². The molecular formula is C21H24N2O4. The standard InChI is InChI=1S/C21H24N2O4/c1-15-3-5-17(6-4-15)12-23-19(13-27-14-20(23)24)21(25)22-11-16-7-9-18(26-2)10-8-16/h3-10,19H,11-14H2,1-2H3,(H,22,25)/t19-/m0/s1. The van der Waals surface area contributed by atoms with Crippen LogP contribution in [0.15, 0.2) is 48.5 Å². The summed E-state index contributed by atoms with van der Waals surface area (Å²) in [5.41, 5.74) is 3.10. The highest BCUT2D eigenvalue weighted by Gasteiger charge is 2.33. The molecule has 1 N–H and O–H groups in total. The van der Waals surface area contributed by atoms with Crippen molar-refractivity contribution in [3.63, 3.8) is 0 Å². The molecule has 3 rings (SSSR count). The van der Waals surface area contributed by atoms with Crippen LogP contribution >= 0.6 is 0 Å². The van der Waals surface area contributed by atoms with E-state index in [0.29, 0.717) is 13.1 Å². The molecule has 2 amide bonds. The summed E-state index contributed by atoms with van der Waals surface area (Å²) < 4.78 is 10.4. The molecule has 142 valence electrons. The van der Waals surface area contributed by atoms with Gasteiger partial charge in [-0.2, -0.15) is 0 Å². The molecule has 0 saturated carbocycles. The molecule has 1 aliphatic heterocycles. The summed E-state index contributed by atoms with van der Waals surface area (Å²) in [7, 11) is 1.61. The van der Waals surface area contributed by atoms with E-state index in [-0.39, 0.29) is 25.0 Å². The monoisotopic (exact) mass is 368 g/mol. The average molecular weight is 368 g/mol. The van der Waals surface area contributed by atoms with Gasteiger partial charge in [0.05, 0.1) is 13.7 Å². The van der Waals surface area contributed by atoms with Crippen LogP contribution in [0, 0.1) is 6.92 Å². The number of aryl methyl sites for hydroxylation is 1. The smallest absolute Gasteiger partial charge is 0.249 e. The second kappa shape index (κ2) is 8.68. The Labute approximate surface area is 159 Å². The lowest BCUT2D eigenvalue weighted by Gasteiger charge is -2.34. The molecule has 0 radical (unpaired) electrons. The first kappa shape index (κ1) is 18.9. The summed E-state index contributed by atoms with van der Waals surface area (Å²) in [5.74, 6) is 0.373. The molecule has 0 bridgehead atoms. The molecule has 1 atom stereocenters. The number of amides is 2. The zero-order chi connectivity index (χ0) is 19.2. The maximum Gasteiger partial charge on any atom is 0.249 e. The predicted octanol–water partition coefficient (Wildman–Crippen LogP) is 2.05. The van der Waals surface area contributed by atoms with Crippen LogP contribution in [0.5, 0.6) is 5.75 Å². The number of benzene rings is 2. The van der Waals surface area contributed by atoms with Crippen LogP contribution in [0.25, 0.3) is 0 Å². The molecule has 1 heterocycles. The zero-order valence-electron chi connectivity index (χ0n) is 15.6. The Hall–Kier alpha value is -2.86. The SMILES string of the molecule is COc1ccc(CNC(=O)[C@@H]2COCC(=O)N2Cc2ccc(C)cc2)cc1. The summed E-state index contributed by atoms with van der Waals surface area (Å²) >= 11 is 0. The molecule has 27 heavy (non-hydrogen) atoms. The van der Waals surface area contributed by atoms with E-state index in [9.17, 15) is 9.59 Å². The van der Waals surface area contributed by atoms with E-state index in [1.54, 1.807) is 12.0 Å². The van der Waals surface area contributed by atoms with Crippen molar-refractivity contribution in [3.8, 4) is 5.75 Å². The molecule has 0 spiro atoms. The van der Waals surface area contributed by atoms with Gasteiger partial charge in [-0.1, -0.05) is 42.0 Å². The quantitative estimate of drug-likeness (QED) is 0.847. The lowest BCUT2D eigenvalue weighted by molar-refractivity contribution is -0.155. The molecule has 1 aliphatic rings. The van der Waals surface area contributed by atoms with Gasteiger partial charge in [0.25, 0.3) is 0 Å². The Kier molecular flexibility index (Phi) is 6.08. The van der Waals surface area contributed by atoms with Gasteiger partial charge >= 0.3 is 0 Å². The fraction of sp³-hybridized carbons (Fsp3) is 0.333. The highest BCUT2D eigenvalue weighted by molar-refractivity contribution is 5.89. The van der Waals surface area contributed by atoms with E-state index in [2.05, 4.69) is 5.32 Å². The molecule has 0 aromatic heterocycles. The Bertz CT molecular complexity index is 787. The third-order valence-corrected chi connectivity index (χ3v) is 4.60. The Morgan fingerprint density at radius 1 is 1.15 bits per heavy atom. The van der Waals surface area contributed by atoms with Gasteiger partial charge in [0.15, 0.2) is 0 Å². The minimum absolute atomic E-state index is 0.00806. The van der Waals surface area contributed by atoms with Gasteiger partial charge in [0.2, 0.25) is 11.8 Å². The third-order valence-electron chi connectivity index (χ3n) is 4.60. The molecule has 1 saturated heterocycles. The second-order valence-corrected chi connectivity index (χ2v) is 6.60. The maximum absolute atomic E-state index is 12.7. The number of morpholine rings is 1. The fourth-order valence-electron chi connectivity index (χ4n) is 2.96. The van der Waals surface area contributed by atoms with Crippen LogP contribution in [-0.4, -0.2) is 43.1 Å². The highest BCUT2D eigenvalue weighted by atomic mass is 16.5. The van der Waals surface area contributed by atoms with E-state index in [0.717, 1.165) is 22.4 Å². The Balaban J connectivity index is 1.64. The normalized spacial score (nSPS) is 16.9. The Morgan fingerprint density at radius 2 is 1.81 bits per heavy atom. The van der Waals surface area contributed by atoms with Gasteiger partial charge in [-0.25, -0.2) is 0 Å². The molecule has 2 aromatic carbocycles. The molecule has 2 aromatic rings. The van der Waals surface area contributed by atoms with Crippen LogP contribution < -0.4 is 10.1 Å². The van der Waals surface area contributed by atoms with Gasteiger partial charge in [-0.15, -0.1) is 0 Å². The van der Waals surface area contributed by atoms with Crippen LogP contribution in [0.3, 0.4) is 0 Å². The highest BCUT2D eigenvalue weighted by Crippen LogP contribution is 2.15. The van der Waals surface area contributed by atoms with Gasteiger partial charge < -0.3 is 19.7 Å². The van der Waals surface area contributed by atoms with E-state index in [1.165, 1.54) is 0 Å². The number of rotatable bonds is 6. The molecule has 1 fully saturated rings. The number of hydrogen-bond acceptors (Lipinski definition) is 4. The zero-order valence-corrected chi connectivity index (χ0v) is 15.6. The van der Waals surface area contributed by atoms with E-state index in [1.807, 2.05) is 55.5 Å². The summed E-state index contributed by atoms with van der Waals surface area (Å²) in [4.78, 5) is 26.6. The topological polar surface area (TPSA) is 67.9 Å². The number of nitrogens with one attached hydrogen (secondary N) is 1. The van der Waals surface area contributed by atoms with Crippen molar-refractivity contribution in [3.05, 3.63) is 65.2 Å². The van der Waals surface area contributed by atoms with Crippen molar-refractivity contribution >= 4 is 11.8 Å². The third kappa shape index (κ3) is 4.86. The molecule has 6 heteroatoms. The first-order valence-corrected chi connectivity index (χ1v) is 8.90. The number of carbonyl (C=O) groups is 2. The van der Waals surface area contributed by atoms with Crippen molar-refractivity contribution in [2.45, 2.75) is 26.1 Å². The van der Waals surface area contributed by atoms with Crippen molar-refractivity contribution in [1.29, 1.82) is 0 Å². The largest absolute Gasteiger partial charge is 0.497 e. The van der Waals surface area contributed by atoms with E-state index in [4.69, 9.17) is 9.47 Å². The number of ether oxygens (including phenoxy) is 2. The summed E-state index contributed by atoms with van der Waals surface area (Å²) in [6.45, 7) is 2.99. The van der Waals surface area contributed by atoms with Crippen LogP contribution in [0.1, 0.15) is 16.7 Å². The summed E-state index contributed by atoms with van der Waals surface area (Å²) in [6.07, 6.45) is 0. The minimum Gasteiger partial charge on any atom is -0.497 e. The molecule has 6 nitrogen and oxygen atoms in total. The van der Waals surface area contributed by atoms with Gasteiger partial charge in [0.1, 0.15) is 18.4 Å².